The number of non-ortho nitro benzene ring substituents is 1. The molecule has 24 heavy (non-hydrogen) atoms. The van der Waals surface area contributed by atoms with Crippen LogP contribution in [0.25, 0.3) is 0 Å². The van der Waals surface area contributed by atoms with Crippen molar-refractivity contribution >= 4 is 17.6 Å². The van der Waals surface area contributed by atoms with Crippen LogP contribution in [0.1, 0.15) is 26.3 Å². The second kappa shape index (κ2) is 7.82. The van der Waals surface area contributed by atoms with E-state index in [9.17, 15) is 19.7 Å². The Morgan fingerprint density at radius 2 is 2.04 bits per heavy atom. The lowest BCUT2D eigenvalue weighted by Crippen LogP contribution is -2.26. The fraction of sp³-hybridized carbons (Fsp3) is 0.188. The maximum Gasteiger partial charge on any atom is 0.338 e. The van der Waals surface area contributed by atoms with Crippen molar-refractivity contribution in [2.45, 2.75) is 6.42 Å². The number of carbonyl (C=O) groups excluding carboxylic acids is 2. The van der Waals surface area contributed by atoms with Crippen LogP contribution in [-0.2, 0) is 11.2 Å². The summed E-state index contributed by atoms with van der Waals surface area (Å²) < 4.78 is 4.54. The minimum Gasteiger partial charge on any atom is -0.465 e. The largest absolute Gasteiger partial charge is 0.465 e. The zero-order chi connectivity index (χ0) is 17.5. The molecular formula is C16H15N3O5. The van der Waals surface area contributed by atoms with Crippen LogP contribution in [0, 0.1) is 10.1 Å². The van der Waals surface area contributed by atoms with Gasteiger partial charge in [0.25, 0.3) is 11.6 Å². The van der Waals surface area contributed by atoms with E-state index in [1.807, 2.05) is 6.07 Å². The van der Waals surface area contributed by atoms with Crippen molar-refractivity contribution in [2.24, 2.45) is 0 Å². The molecule has 0 aliphatic carbocycles. The smallest absolute Gasteiger partial charge is 0.338 e. The van der Waals surface area contributed by atoms with E-state index < -0.39 is 16.8 Å². The number of hydrogen-bond acceptors (Lipinski definition) is 6. The van der Waals surface area contributed by atoms with Gasteiger partial charge in [0.05, 0.1) is 17.6 Å². The zero-order valence-electron chi connectivity index (χ0n) is 12.9. The van der Waals surface area contributed by atoms with Gasteiger partial charge in [0.15, 0.2) is 0 Å². The van der Waals surface area contributed by atoms with Gasteiger partial charge in [-0.05, 0) is 24.1 Å². The molecule has 0 saturated heterocycles. The molecule has 2 rings (SSSR count). The summed E-state index contributed by atoms with van der Waals surface area (Å²) in [4.78, 5) is 38.0. The summed E-state index contributed by atoms with van der Waals surface area (Å²) in [7, 11) is 1.16. The number of nitrogens with zero attached hydrogens (tertiary/aromatic N) is 2. The predicted octanol–water partition coefficient (Wildman–Crippen LogP) is 1.75. The summed E-state index contributed by atoms with van der Waals surface area (Å²) in [6.07, 6.45) is 3.91. The number of nitrogens with one attached hydrogen (secondary N) is 1. The number of amides is 1. The molecule has 0 unspecified atom stereocenters. The summed E-state index contributed by atoms with van der Waals surface area (Å²) in [5, 5.41) is 13.6. The number of benzene rings is 1. The van der Waals surface area contributed by atoms with Crippen molar-refractivity contribution in [1.82, 2.24) is 10.3 Å². The first-order valence-corrected chi connectivity index (χ1v) is 7.06. The maximum atomic E-state index is 12.2. The average molecular weight is 329 g/mol. The SMILES string of the molecule is COC(=O)c1cc(C(=O)NCCc2cccnc2)cc([N+](=O)[O-])c1. The highest BCUT2D eigenvalue weighted by Gasteiger charge is 2.18. The standard InChI is InChI=1S/C16H15N3O5/c1-24-16(21)13-7-12(8-14(9-13)19(22)23)15(20)18-6-4-11-3-2-5-17-10-11/h2-3,5,7-10H,4,6H2,1H3,(H,18,20). The normalized spacial score (nSPS) is 10.0. The van der Waals surface area contributed by atoms with Crippen LogP contribution in [0.3, 0.4) is 0 Å². The quantitative estimate of drug-likeness (QED) is 0.491. The highest BCUT2D eigenvalue weighted by atomic mass is 16.6. The Balaban J connectivity index is 2.11. The molecule has 1 N–H and O–H groups in total. The van der Waals surface area contributed by atoms with Gasteiger partial charge in [0, 0.05) is 36.6 Å². The van der Waals surface area contributed by atoms with E-state index in [1.54, 1.807) is 18.5 Å². The van der Waals surface area contributed by atoms with Gasteiger partial charge in [-0.2, -0.15) is 0 Å². The number of ether oxygens (including phenoxy) is 1. The van der Waals surface area contributed by atoms with E-state index >= 15 is 0 Å². The second-order valence-electron chi connectivity index (χ2n) is 4.88. The first-order valence-electron chi connectivity index (χ1n) is 7.06. The number of pyridine rings is 1. The molecule has 0 saturated carbocycles. The van der Waals surface area contributed by atoms with Crippen LogP contribution >= 0.6 is 0 Å². The average Bonchev–Trinajstić information content (AvgIpc) is 2.61. The molecular weight excluding hydrogens is 314 g/mol. The van der Waals surface area contributed by atoms with Crippen molar-refractivity contribution in [3.05, 3.63) is 69.5 Å². The molecule has 0 radical (unpaired) electrons. The second-order valence-corrected chi connectivity index (χ2v) is 4.88. The lowest BCUT2D eigenvalue weighted by atomic mass is 10.1. The molecule has 8 heteroatoms. The Morgan fingerprint density at radius 3 is 2.67 bits per heavy atom. The minimum absolute atomic E-state index is 0.0239. The molecule has 0 spiro atoms. The maximum absolute atomic E-state index is 12.2. The molecule has 124 valence electrons. The number of hydrogen-bond donors (Lipinski definition) is 1. The lowest BCUT2D eigenvalue weighted by Gasteiger charge is -2.07. The molecule has 1 heterocycles. The fourth-order valence-electron chi connectivity index (χ4n) is 2.05. The van der Waals surface area contributed by atoms with E-state index in [2.05, 4.69) is 15.0 Å². The molecule has 2 aromatic rings. The third-order valence-electron chi connectivity index (χ3n) is 3.23. The third-order valence-corrected chi connectivity index (χ3v) is 3.23. The zero-order valence-corrected chi connectivity index (χ0v) is 12.9. The number of nitro groups is 1. The van der Waals surface area contributed by atoms with Crippen molar-refractivity contribution in [2.75, 3.05) is 13.7 Å². The Morgan fingerprint density at radius 1 is 1.29 bits per heavy atom. The fourth-order valence-corrected chi connectivity index (χ4v) is 2.05. The molecule has 8 nitrogen and oxygen atoms in total. The first-order chi connectivity index (χ1) is 11.5. The van der Waals surface area contributed by atoms with Crippen LogP contribution in [0.5, 0.6) is 0 Å². The van der Waals surface area contributed by atoms with Gasteiger partial charge in [-0.1, -0.05) is 6.07 Å². The summed E-state index contributed by atoms with van der Waals surface area (Å²) >= 11 is 0. The molecule has 1 aromatic carbocycles. The Hall–Kier alpha value is -3.29. The van der Waals surface area contributed by atoms with Crippen molar-refractivity contribution in [3.8, 4) is 0 Å². The van der Waals surface area contributed by atoms with Gasteiger partial charge >= 0.3 is 5.97 Å². The van der Waals surface area contributed by atoms with Gasteiger partial charge in [-0.25, -0.2) is 4.79 Å². The monoisotopic (exact) mass is 329 g/mol. The number of methoxy groups -OCH3 is 1. The minimum atomic E-state index is -0.747. The molecule has 0 aliphatic rings. The summed E-state index contributed by atoms with van der Waals surface area (Å²) in [5.74, 6) is -1.25. The first kappa shape index (κ1) is 17.1. The van der Waals surface area contributed by atoms with Crippen LogP contribution < -0.4 is 5.32 Å². The van der Waals surface area contributed by atoms with Crippen LogP contribution in [0.2, 0.25) is 0 Å². The van der Waals surface area contributed by atoms with E-state index in [4.69, 9.17) is 0 Å². The highest BCUT2D eigenvalue weighted by molar-refractivity contribution is 5.98. The van der Waals surface area contributed by atoms with Crippen molar-refractivity contribution in [3.63, 3.8) is 0 Å². The van der Waals surface area contributed by atoms with Gasteiger partial charge in [-0.3, -0.25) is 19.9 Å². The lowest BCUT2D eigenvalue weighted by molar-refractivity contribution is -0.384. The molecule has 0 bridgehead atoms. The third kappa shape index (κ3) is 4.35. The number of esters is 1. The molecule has 0 atom stereocenters. The Bertz CT molecular complexity index is 762. The van der Waals surface area contributed by atoms with Crippen molar-refractivity contribution < 1.29 is 19.2 Å². The van der Waals surface area contributed by atoms with Gasteiger partial charge in [-0.15, -0.1) is 0 Å². The topological polar surface area (TPSA) is 111 Å². The van der Waals surface area contributed by atoms with Gasteiger partial charge in [0.2, 0.25) is 0 Å². The molecule has 0 aliphatic heterocycles. The van der Waals surface area contributed by atoms with Crippen LogP contribution in [0.4, 0.5) is 5.69 Å². The summed E-state index contributed by atoms with van der Waals surface area (Å²) in [5.41, 5.74) is 0.572. The predicted molar refractivity (Wildman–Crippen MR) is 84.7 cm³/mol. The number of aromatic nitrogens is 1. The van der Waals surface area contributed by atoms with Gasteiger partial charge in [0.1, 0.15) is 0 Å². The Labute approximate surface area is 137 Å². The highest BCUT2D eigenvalue weighted by Crippen LogP contribution is 2.18. The number of nitro benzene ring substituents is 1. The summed E-state index contributed by atoms with van der Waals surface area (Å²) in [6.45, 7) is 0.334. The van der Waals surface area contributed by atoms with E-state index in [0.29, 0.717) is 13.0 Å². The Kier molecular flexibility index (Phi) is 5.56. The van der Waals surface area contributed by atoms with E-state index in [1.165, 1.54) is 6.07 Å². The molecule has 1 amide bonds. The van der Waals surface area contributed by atoms with E-state index in [-0.39, 0.29) is 16.8 Å². The van der Waals surface area contributed by atoms with Gasteiger partial charge < -0.3 is 10.1 Å². The molecule has 1 aromatic heterocycles. The number of rotatable bonds is 6. The molecule has 0 fully saturated rings. The number of carbonyl (C=O) groups is 2. The van der Waals surface area contributed by atoms with Crippen LogP contribution in [-0.4, -0.2) is 35.4 Å². The summed E-state index contributed by atoms with van der Waals surface area (Å²) in [6, 6.07) is 7.12. The van der Waals surface area contributed by atoms with Crippen molar-refractivity contribution in [1.29, 1.82) is 0 Å². The van der Waals surface area contributed by atoms with Crippen LogP contribution in [0.15, 0.2) is 42.7 Å². The van der Waals surface area contributed by atoms with E-state index in [0.717, 1.165) is 24.8 Å².